The first kappa shape index (κ1) is 22.9. The number of hydrogen-bond donors (Lipinski definition) is 0. The molecule has 174 valence electrons. The van der Waals surface area contributed by atoms with Gasteiger partial charge >= 0.3 is 0 Å². The van der Waals surface area contributed by atoms with E-state index in [4.69, 9.17) is 9.47 Å². The Kier molecular flexibility index (Phi) is 7.70. The Morgan fingerprint density at radius 1 is 1.00 bits per heavy atom. The average Bonchev–Trinajstić information content (AvgIpc) is 3.32. The molecule has 2 aromatic carbocycles. The summed E-state index contributed by atoms with van der Waals surface area (Å²) in [5.74, 6) is 2.25. The first-order valence-corrected chi connectivity index (χ1v) is 11.3. The van der Waals surface area contributed by atoms with Crippen molar-refractivity contribution in [1.29, 1.82) is 0 Å². The molecule has 0 spiro atoms. The fourth-order valence-corrected chi connectivity index (χ4v) is 4.38. The van der Waals surface area contributed by atoms with Gasteiger partial charge in [-0.05, 0) is 40.1 Å². The second-order valence-electron chi connectivity index (χ2n) is 8.14. The molecule has 0 amide bonds. The van der Waals surface area contributed by atoms with Gasteiger partial charge < -0.3 is 9.47 Å². The molecule has 8 nitrogen and oxygen atoms in total. The zero-order valence-corrected chi connectivity index (χ0v) is 19.4. The van der Waals surface area contributed by atoms with E-state index in [-0.39, 0.29) is 6.04 Å². The first-order chi connectivity index (χ1) is 16.2. The molecule has 33 heavy (non-hydrogen) atoms. The van der Waals surface area contributed by atoms with Crippen molar-refractivity contribution in [3.05, 3.63) is 78.1 Å². The Hall–Kier alpha value is -3.23. The van der Waals surface area contributed by atoms with Crippen LogP contribution in [0.2, 0.25) is 0 Å². The highest BCUT2D eigenvalue weighted by molar-refractivity contribution is 5.45. The molecule has 1 aromatic heterocycles. The van der Waals surface area contributed by atoms with Gasteiger partial charge in [0.2, 0.25) is 0 Å². The summed E-state index contributed by atoms with van der Waals surface area (Å²) in [4.78, 5) is 4.86. The van der Waals surface area contributed by atoms with Crippen molar-refractivity contribution < 1.29 is 9.47 Å². The molecule has 0 radical (unpaired) electrons. The second-order valence-corrected chi connectivity index (χ2v) is 8.14. The van der Waals surface area contributed by atoms with Crippen LogP contribution < -0.4 is 9.47 Å². The summed E-state index contributed by atoms with van der Waals surface area (Å²) >= 11 is 0. The molecule has 0 aliphatic carbocycles. The first-order valence-electron chi connectivity index (χ1n) is 11.3. The van der Waals surface area contributed by atoms with E-state index in [1.165, 1.54) is 5.56 Å². The highest BCUT2D eigenvalue weighted by Gasteiger charge is 2.31. The molecule has 1 atom stereocenters. The molecule has 0 unspecified atom stereocenters. The van der Waals surface area contributed by atoms with E-state index in [9.17, 15) is 0 Å². The highest BCUT2D eigenvalue weighted by atomic mass is 16.5. The van der Waals surface area contributed by atoms with Crippen molar-refractivity contribution in [1.82, 2.24) is 30.0 Å². The Morgan fingerprint density at radius 3 is 2.45 bits per heavy atom. The molecule has 1 fully saturated rings. The Bertz CT molecular complexity index is 1030. The van der Waals surface area contributed by atoms with E-state index in [2.05, 4.69) is 62.2 Å². The van der Waals surface area contributed by atoms with Gasteiger partial charge in [0, 0.05) is 39.3 Å². The summed E-state index contributed by atoms with van der Waals surface area (Å²) in [5, 5.41) is 12.9. The molecule has 2 heterocycles. The van der Waals surface area contributed by atoms with E-state index < -0.39 is 0 Å². The maximum Gasteiger partial charge on any atom is 0.173 e. The van der Waals surface area contributed by atoms with Gasteiger partial charge in [0.05, 0.1) is 20.3 Å². The van der Waals surface area contributed by atoms with Crippen LogP contribution in [-0.4, -0.2) is 77.0 Å². The van der Waals surface area contributed by atoms with Crippen molar-refractivity contribution >= 4 is 0 Å². The summed E-state index contributed by atoms with van der Waals surface area (Å²) in [6.07, 6.45) is 2.83. The van der Waals surface area contributed by atoms with Crippen LogP contribution in [0.5, 0.6) is 11.5 Å². The Balaban J connectivity index is 1.64. The molecule has 8 heteroatoms. The maximum absolute atomic E-state index is 5.60. The van der Waals surface area contributed by atoms with E-state index in [1.54, 1.807) is 14.2 Å². The highest BCUT2D eigenvalue weighted by Crippen LogP contribution is 2.35. The van der Waals surface area contributed by atoms with Crippen molar-refractivity contribution in [2.75, 3.05) is 46.9 Å². The zero-order chi connectivity index (χ0) is 23.0. The quantitative estimate of drug-likeness (QED) is 0.442. The Morgan fingerprint density at radius 2 is 1.76 bits per heavy atom. The lowest BCUT2D eigenvalue weighted by atomic mass is 10.0. The minimum Gasteiger partial charge on any atom is -0.493 e. The lowest BCUT2D eigenvalue weighted by molar-refractivity contribution is 0.112. The van der Waals surface area contributed by atoms with Gasteiger partial charge in [0.1, 0.15) is 0 Å². The summed E-state index contributed by atoms with van der Waals surface area (Å²) < 4.78 is 13.0. The van der Waals surface area contributed by atoms with Gasteiger partial charge in [-0.2, -0.15) is 0 Å². The SMILES string of the molecule is C=CCN1CCN([C@H](c2ccc(OC)c(OC)c2)c2nnnn2CCc2ccccc2)CC1. The van der Waals surface area contributed by atoms with Crippen LogP contribution >= 0.6 is 0 Å². The van der Waals surface area contributed by atoms with Crippen molar-refractivity contribution in [2.24, 2.45) is 0 Å². The number of nitrogens with zero attached hydrogens (tertiary/aromatic N) is 6. The van der Waals surface area contributed by atoms with Crippen LogP contribution in [0.3, 0.4) is 0 Å². The molecule has 0 saturated carbocycles. The molecular formula is C25H32N6O2. The lowest BCUT2D eigenvalue weighted by Crippen LogP contribution is -2.48. The van der Waals surface area contributed by atoms with Gasteiger partial charge in [-0.15, -0.1) is 11.7 Å². The largest absolute Gasteiger partial charge is 0.493 e. The van der Waals surface area contributed by atoms with Crippen LogP contribution in [-0.2, 0) is 13.0 Å². The van der Waals surface area contributed by atoms with Gasteiger partial charge in [0.15, 0.2) is 17.3 Å². The molecule has 3 aromatic rings. The average molecular weight is 449 g/mol. The number of ether oxygens (including phenoxy) is 2. The number of aryl methyl sites for hydroxylation is 2. The lowest BCUT2D eigenvalue weighted by Gasteiger charge is -2.38. The molecule has 1 saturated heterocycles. The van der Waals surface area contributed by atoms with Crippen LogP contribution in [0, 0.1) is 0 Å². The number of piperazine rings is 1. The van der Waals surface area contributed by atoms with E-state index in [0.29, 0.717) is 18.0 Å². The fraction of sp³-hybridized carbons (Fsp3) is 0.400. The third kappa shape index (κ3) is 5.40. The standard InChI is InChI=1S/C25H32N6O2/c1-4-13-29-15-17-30(18-16-29)24(21-10-11-22(32-2)23(19-21)33-3)25-26-27-28-31(25)14-12-20-8-6-5-7-9-20/h4-11,19,24H,1,12-18H2,2-3H3/t24-/m1/s1. The van der Waals surface area contributed by atoms with Gasteiger partial charge in [0.25, 0.3) is 0 Å². The van der Waals surface area contributed by atoms with E-state index in [1.807, 2.05) is 29.0 Å². The number of benzene rings is 2. The summed E-state index contributed by atoms with van der Waals surface area (Å²) in [6.45, 7) is 9.28. The minimum atomic E-state index is -0.0820. The van der Waals surface area contributed by atoms with Crippen molar-refractivity contribution in [3.63, 3.8) is 0 Å². The fourth-order valence-electron chi connectivity index (χ4n) is 4.38. The molecular weight excluding hydrogens is 416 g/mol. The van der Waals surface area contributed by atoms with Crippen molar-refractivity contribution in [3.8, 4) is 11.5 Å². The molecule has 0 N–H and O–H groups in total. The monoisotopic (exact) mass is 448 g/mol. The van der Waals surface area contributed by atoms with Crippen LogP contribution in [0.4, 0.5) is 0 Å². The predicted octanol–water partition coefficient (Wildman–Crippen LogP) is 2.83. The number of methoxy groups -OCH3 is 2. The van der Waals surface area contributed by atoms with Crippen LogP contribution in [0.15, 0.2) is 61.2 Å². The van der Waals surface area contributed by atoms with E-state index in [0.717, 1.165) is 50.5 Å². The summed E-state index contributed by atoms with van der Waals surface area (Å²) in [6, 6.07) is 16.4. The summed E-state index contributed by atoms with van der Waals surface area (Å²) in [5.41, 5.74) is 2.35. The molecule has 1 aliphatic heterocycles. The maximum atomic E-state index is 5.60. The Labute approximate surface area is 195 Å². The third-order valence-corrected chi connectivity index (χ3v) is 6.14. The molecule has 1 aliphatic rings. The zero-order valence-electron chi connectivity index (χ0n) is 19.4. The van der Waals surface area contributed by atoms with Crippen molar-refractivity contribution in [2.45, 2.75) is 19.0 Å². The minimum absolute atomic E-state index is 0.0820. The molecule has 4 rings (SSSR count). The second kappa shape index (κ2) is 11.1. The number of aromatic nitrogens is 4. The number of hydrogen-bond acceptors (Lipinski definition) is 7. The van der Waals surface area contributed by atoms with Gasteiger partial charge in [-0.3, -0.25) is 9.80 Å². The number of rotatable bonds is 10. The van der Waals surface area contributed by atoms with Crippen LogP contribution in [0.25, 0.3) is 0 Å². The summed E-state index contributed by atoms with van der Waals surface area (Å²) in [7, 11) is 3.31. The normalized spacial score (nSPS) is 15.8. The molecule has 0 bridgehead atoms. The number of tetrazole rings is 1. The smallest absolute Gasteiger partial charge is 0.173 e. The van der Waals surface area contributed by atoms with E-state index >= 15 is 0 Å². The van der Waals surface area contributed by atoms with Gasteiger partial charge in [-0.1, -0.05) is 42.5 Å². The predicted molar refractivity (Wildman–Crippen MR) is 128 cm³/mol. The third-order valence-electron chi connectivity index (χ3n) is 6.14. The van der Waals surface area contributed by atoms with Crippen LogP contribution in [0.1, 0.15) is 23.0 Å². The van der Waals surface area contributed by atoms with Gasteiger partial charge in [-0.25, -0.2) is 4.68 Å². The topological polar surface area (TPSA) is 68.5 Å².